The minimum absolute atomic E-state index is 0.0110. The summed E-state index contributed by atoms with van der Waals surface area (Å²) in [5.41, 5.74) is 2.86. The molecule has 0 atom stereocenters. The second kappa shape index (κ2) is 7.55. The van der Waals surface area contributed by atoms with E-state index in [1.807, 2.05) is 26.0 Å². The van der Waals surface area contributed by atoms with Gasteiger partial charge in [-0.15, -0.1) is 10.2 Å². The lowest BCUT2D eigenvalue weighted by Crippen LogP contribution is -2.35. The van der Waals surface area contributed by atoms with Crippen molar-refractivity contribution in [1.82, 2.24) is 15.5 Å². The van der Waals surface area contributed by atoms with Gasteiger partial charge >= 0.3 is 11.8 Å². The fourth-order valence-electron chi connectivity index (χ4n) is 3.79. The Morgan fingerprint density at radius 2 is 1.78 bits per heavy atom. The maximum Gasteiger partial charge on any atom is 0.309 e. The van der Waals surface area contributed by atoms with Crippen molar-refractivity contribution >= 4 is 16.9 Å². The van der Waals surface area contributed by atoms with Crippen molar-refractivity contribution in [3.63, 3.8) is 0 Å². The Labute approximate surface area is 158 Å². The number of fused-ring (bicyclic) bond motifs is 1. The van der Waals surface area contributed by atoms with E-state index in [9.17, 15) is 4.79 Å². The third-order valence-corrected chi connectivity index (χ3v) is 5.35. The molecular weight excluding hydrogens is 342 g/mol. The molecule has 6 nitrogen and oxygen atoms in total. The maximum atomic E-state index is 12.5. The largest absolute Gasteiger partial charge is 0.451 e. The van der Waals surface area contributed by atoms with Gasteiger partial charge in [-0.25, -0.2) is 0 Å². The molecule has 2 aromatic heterocycles. The first-order chi connectivity index (χ1) is 13.1. The first-order valence-electron chi connectivity index (χ1n) is 9.76. The number of nitrogens with one attached hydrogen (secondary N) is 1. The number of rotatable bonds is 3. The van der Waals surface area contributed by atoms with E-state index in [-0.39, 0.29) is 23.7 Å². The van der Waals surface area contributed by atoms with Crippen LogP contribution in [-0.4, -0.2) is 22.1 Å². The van der Waals surface area contributed by atoms with Gasteiger partial charge in [0.05, 0.1) is 0 Å². The summed E-state index contributed by atoms with van der Waals surface area (Å²) in [6.07, 6.45) is 8.09. The second-order valence-corrected chi connectivity index (χ2v) is 7.48. The van der Waals surface area contributed by atoms with Gasteiger partial charge in [0, 0.05) is 17.0 Å². The van der Waals surface area contributed by atoms with E-state index >= 15 is 0 Å². The van der Waals surface area contributed by atoms with Crippen LogP contribution in [0.2, 0.25) is 0 Å². The SMILES string of the molecule is Cc1ccc2oc(-c3nnc(C(=O)NC4CCCCCCC4)o3)c(C)c2c1. The zero-order valence-corrected chi connectivity index (χ0v) is 15.9. The zero-order chi connectivity index (χ0) is 18.8. The van der Waals surface area contributed by atoms with Crippen LogP contribution < -0.4 is 5.32 Å². The molecule has 0 spiro atoms. The van der Waals surface area contributed by atoms with Crippen LogP contribution in [0.1, 0.15) is 66.8 Å². The lowest BCUT2D eigenvalue weighted by Gasteiger charge is -2.19. The number of nitrogens with zero attached hydrogens (tertiary/aromatic N) is 2. The van der Waals surface area contributed by atoms with Gasteiger partial charge in [-0.3, -0.25) is 4.79 Å². The topological polar surface area (TPSA) is 81.2 Å². The number of benzene rings is 1. The summed E-state index contributed by atoms with van der Waals surface area (Å²) in [6, 6.07) is 6.18. The van der Waals surface area contributed by atoms with Crippen molar-refractivity contribution in [1.29, 1.82) is 0 Å². The highest BCUT2D eigenvalue weighted by Gasteiger charge is 2.23. The predicted octanol–water partition coefficient (Wildman–Crippen LogP) is 4.94. The molecule has 0 saturated heterocycles. The smallest absolute Gasteiger partial charge is 0.309 e. The first-order valence-corrected chi connectivity index (χ1v) is 9.76. The third-order valence-electron chi connectivity index (χ3n) is 5.35. The number of carbonyl (C=O) groups excluding carboxylic acids is 1. The Hall–Kier alpha value is -2.63. The van der Waals surface area contributed by atoms with Gasteiger partial charge in [0.1, 0.15) is 5.58 Å². The van der Waals surface area contributed by atoms with Gasteiger partial charge in [0.25, 0.3) is 5.89 Å². The van der Waals surface area contributed by atoms with Gasteiger partial charge < -0.3 is 14.2 Å². The molecule has 1 aliphatic rings. The Balaban J connectivity index is 1.53. The van der Waals surface area contributed by atoms with Crippen molar-refractivity contribution in [3.05, 3.63) is 35.2 Å². The van der Waals surface area contributed by atoms with E-state index in [4.69, 9.17) is 8.83 Å². The minimum atomic E-state index is -0.302. The molecule has 6 heteroatoms. The van der Waals surface area contributed by atoms with Crippen LogP contribution in [0.25, 0.3) is 22.6 Å². The predicted molar refractivity (Wildman–Crippen MR) is 103 cm³/mol. The standard InChI is InChI=1S/C21H25N3O3/c1-13-10-11-17-16(12-13)14(2)18(26-17)20-23-24-21(27-20)19(25)22-15-8-6-4-3-5-7-9-15/h10-12,15H,3-9H2,1-2H3,(H,22,25). The maximum absolute atomic E-state index is 12.5. The number of hydrogen-bond acceptors (Lipinski definition) is 5. The Morgan fingerprint density at radius 1 is 1.04 bits per heavy atom. The normalized spacial score (nSPS) is 16.2. The van der Waals surface area contributed by atoms with Crippen LogP contribution >= 0.6 is 0 Å². The Bertz CT molecular complexity index is 949. The monoisotopic (exact) mass is 367 g/mol. The second-order valence-electron chi connectivity index (χ2n) is 7.48. The number of furan rings is 1. The van der Waals surface area contributed by atoms with Crippen molar-refractivity contribution in [2.24, 2.45) is 0 Å². The molecule has 1 aliphatic carbocycles. The molecule has 142 valence electrons. The number of aryl methyl sites for hydroxylation is 2. The molecule has 1 aromatic carbocycles. The van der Waals surface area contributed by atoms with Gasteiger partial charge in [-0.1, -0.05) is 43.7 Å². The average Bonchev–Trinajstić information content (AvgIpc) is 3.23. The molecule has 0 bridgehead atoms. The van der Waals surface area contributed by atoms with E-state index in [1.54, 1.807) is 0 Å². The first kappa shape index (κ1) is 17.8. The summed E-state index contributed by atoms with van der Waals surface area (Å²) in [5, 5.41) is 12.0. The van der Waals surface area contributed by atoms with Crippen LogP contribution in [0.3, 0.4) is 0 Å². The number of hydrogen-bond donors (Lipinski definition) is 1. The molecule has 1 amide bonds. The molecule has 0 aliphatic heterocycles. The fourth-order valence-corrected chi connectivity index (χ4v) is 3.79. The van der Waals surface area contributed by atoms with Crippen LogP contribution in [-0.2, 0) is 0 Å². The molecule has 27 heavy (non-hydrogen) atoms. The molecule has 1 saturated carbocycles. The lowest BCUT2D eigenvalue weighted by molar-refractivity contribution is 0.0895. The summed E-state index contributed by atoms with van der Waals surface area (Å²) in [4.78, 5) is 12.5. The highest BCUT2D eigenvalue weighted by atomic mass is 16.4. The van der Waals surface area contributed by atoms with Crippen LogP contribution in [0.4, 0.5) is 0 Å². The van der Waals surface area contributed by atoms with Crippen LogP contribution in [0.15, 0.2) is 27.0 Å². The molecular formula is C21H25N3O3. The number of carbonyl (C=O) groups is 1. The van der Waals surface area contributed by atoms with Crippen molar-refractivity contribution < 1.29 is 13.6 Å². The minimum Gasteiger partial charge on any atom is -0.451 e. The summed E-state index contributed by atoms with van der Waals surface area (Å²) >= 11 is 0. The van der Waals surface area contributed by atoms with Crippen LogP contribution in [0.5, 0.6) is 0 Å². The van der Waals surface area contributed by atoms with E-state index in [1.165, 1.54) is 19.3 Å². The van der Waals surface area contributed by atoms with Crippen LogP contribution in [0, 0.1) is 13.8 Å². The van der Waals surface area contributed by atoms with E-state index in [2.05, 4.69) is 21.6 Å². The lowest BCUT2D eigenvalue weighted by atomic mass is 9.97. The third kappa shape index (κ3) is 3.75. The van der Waals surface area contributed by atoms with Gasteiger partial charge in [-0.2, -0.15) is 0 Å². The summed E-state index contributed by atoms with van der Waals surface area (Å²) < 4.78 is 11.5. The summed E-state index contributed by atoms with van der Waals surface area (Å²) in [7, 11) is 0. The van der Waals surface area contributed by atoms with Gasteiger partial charge in [0.15, 0.2) is 5.76 Å². The van der Waals surface area contributed by atoms with Gasteiger partial charge in [-0.05, 0) is 38.8 Å². The summed E-state index contributed by atoms with van der Waals surface area (Å²) in [6.45, 7) is 4.00. The average molecular weight is 367 g/mol. The molecule has 4 rings (SSSR count). The quantitative estimate of drug-likeness (QED) is 0.709. The van der Waals surface area contributed by atoms with Crippen molar-refractivity contribution in [2.45, 2.75) is 64.8 Å². The highest BCUT2D eigenvalue weighted by Crippen LogP contribution is 2.32. The Kier molecular flexibility index (Phi) is 4.97. The molecule has 0 radical (unpaired) electrons. The van der Waals surface area contributed by atoms with Crippen molar-refractivity contribution in [3.8, 4) is 11.7 Å². The fraction of sp³-hybridized carbons (Fsp3) is 0.476. The molecule has 0 unspecified atom stereocenters. The van der Waals surface area contributed by atoms with Crippen molar-refractivity contribution in [2.75, 3.05) is 0 Å². The number of aromatic nitrogens is 2. The van der Waals surface area contributed by atoms with E-state index in [0.717, 1.165) is 47.8 Å². The highest BCUT2D eigenvalue weighted by molar-refractivity contribution is 5.90. The van der Waals surface area contributed by atoms with E-state index in [0.29, 0.717) is 5.76 Å². The van der Waals surface area contributed by atoms with Gasteiger partial charge in [0.2, 0.25) is 0 Å². The van der Waals surface area contributed by atoms with E-state index < -0.39 is 0 Å². The summed E-state index contributed by atoms with van der Waals surface area (Å²) in [5.74, 6) is 0.448. The Morgan fingerprint density at radius 3 is 2.56 bits per heavy atom. The zero-order valence-electron chi connectivity index (χ0n) is 15.9. The molecule has 2 heterocycles. The number of amides is 1. The molecule has 1 fully saturated rings. The molecule has 3 aromatic rings. The molecule has 1 N–H and O–H groups in total.